The molecule has 3 aromatic heterocycles. The van der Waals surface area contributed by atoms with Gasteiger partial charge < -0.3 is 11.1 Å². The van der Waals surface area contributed by atoms with E-state index in [1.54, 1.807) is 17.6 Å². The highest BCUT2D eigenvalue weighted by atomic mass is 32.2. The Morgan fingerprint density at radius 1 is 1.24 bits per heavy atom. The number of anilines is 3. The second-order valence-electron chi connectivity index (χ2n) is 7.20. The van der Waals surface area contributed by atoms with E-state index in [9.17, 15) is 18.1 Å². The zero-order valence-electron chi connectivity index (χ0n) is 17.5. The number of halogens is 1. The highest BCUT2D eigenvalue weighted by Crippen LogP contribution is 2.29. The van der Waals surface area contributed by atoms with E-state index in [2.05, 4.69) is 30.0 Å². The van der Waals surface area contributed by atoms with Gasteiger partial charge >= 0.3 is 0 Å². The number of nitriles is 1. The lowest BCUT2D eigenvalue weighted by Crippen LogP contribution is -2.16. The SMILES string of the molecule is C[C@@H](Nc1ncnc(N)c1C#N)c1nc2ccc(F)cc2n1-c1cncc(NS(C)(=O)=O)c1. The Morgan fingerprint density at radius 2 is 2.03 bits per heavy atom. The van der Waals surface area contributed by atoms with E-state index in [1.807, 2.05) is 6.07 Å². The second kappa shape index (κ2) is 8.32. The third-order valence-electron chi connectivity index (χ3n) is 4.66. The lowest BCUT2D eigenvalue weighted by Gasteiger charge is -2.18. The van der Waals surface area contributed by atoms with Gasteiger partial charge in [0, 0.05) is 6.07 Å². The molecule has 33 heavy (non-hydrogen) atoms. The number of pyridine rings is 1. The molecule has 3 heterocycles. The molecule has 4 N–H and O–H groups in total. The highest BCUT2D eigenvalue weighted by Gasteiger charge is 2.21. The van der Waals surface area contributed by atoms with Gasteiger partial charge in [0.05, 0.1) is 47.1 Å². The maximum absolute atomic E-state index is 14.1. The molecule has 0 spiro atoms. The predicted molar refractivity (Wildman–Crippen MR) is 120 cm³/mol. The van der Waals surface area contributed by atoms with Crippen molar-refractivity contribution in [2.75, 3.05) is 22.0 Å². The van der Waals surface area contributed by atoms with Crippen molar-refractivity contribution in [1.29, 1.82) is 5.26 Å². The standard InChI is InChI=1S/C20H18FN9O2S/c1-11(27-19-15(7-22)18(23)25-10-26-19)20-28-16-4-3-12(21)5-17(16)30(20)14-6-13(8-24-9-14)29-33(2,31)32/h3-6,8-11,29H,1-2H3,(H3,23,25,26,27)/t11-/m1/s1. The second-order valence-corrected chi connectivity index (χ2v) is 8.95. The summed E-state index contributed by atoms with van der Waals surface area (Å²) in [4.78, 5) is 16.6. The number of hydrogen-bond acceptors (Lipinski definition) is 9. The van der Waals surface area contributed by atoms with E-state index in [1.165, 1.54) is 36.9 Å². The molecular weight excluding hydrogens is 449 g/mol. The first-order chi connectivity index (χ1) is 15.7. The van der Waals surface area contributed by atoms with Crippen molar-refractivity contribution < 1.29 is 12.8 Å². The van der Waals surface area contributed by atoms with Crippen molar-refractivity contribution in [2.24, 2.45) is 0 Å². The fourth-order valence-corrected chi connectivity index (χ4v) is 3.88. The summed E-state index contributed by atoms with van der Waals surface area (Å²) in [5, 5.41) is 12.5. The number of nitrogens with one attached hydrogen (secondary N) is 2. The number of benzene rings is 1. The van der Waals surface area contributed by atoms with E-state index in [-0.39, 0.29) is 22.9 Å². The smallest absolute Gasteiger partial charge is 0.229 e. The Bertz CT molecular complexity index is 1510. The van der Waals surface area contributed by atoms with Crippen molar-refractivity contribution >= 4 is 38.4 Å². The van der Waals surface area contributed by atoms with Crippen LogP contribution in [0.4, 0.5) is 21.7 Å². The normalized spacial score (nSPS) is 12.3. The largest absolute Gasteiger partial charge is 0.382 e. The Hall–Kier alpha value is -4.31. The van der Waals surface area contributed by atoms with Crippen LogP contribution < -0.4 is 15.8 Å². The van der Waals surface area contributed by atoms with Crippen LogP contribution in [-0.4, -0.2) is 39.2 Å². The first kappa shape index (κ1) is 21.9. The van der Waals surface area contributed by atoms with Crippen molar-refractivity contribution in [3.05, 3.63) is 60.2 Å². The van der Waals surface area contributed by atoms with Crippen molar-refractivity contribution in [1.82, 2.24) is 24.5 Å². The third-order valence-corrected chi connectivity index (χ3v) is 5.26. The maximum atomic E-state index is 14.1. The van der Waals surface area contributed by atoms with Crippen LogP contribution in [0.15, 0.2) is 43.0 Å². The summed E-state index contributed by atoms with van der Waals surface area (Å²) in [6, 6.07) is 7.13. The summed E-state index contributed by atoms with van der Waals surface area (Å²) >= 11 is 0. The molecule has 0 fully saturated rings. The number of aromatic nitrogens is 5. The lowest BCUT2D eigenvalue weighted by atomic mass is 10.2. The van der Waals surface area contributed by atoms with Gasteiger partial charge in [-0.2, -0.15) is 5.26 Å². The predicted octanol–water partition coefficient (Wildman–Crippen LogP) is 2.35. The molecule has 1 aromatic carbocycles. The maximum Gasteiger partial charge on any atom is 0.229 e. The number of nitrogens with two attached hydrogens (primary N) is 1. The van der Waals surface area contributed by atoms with Crippen LogP contribution in [-0.2, 0) is 10.0 Å². The molecule has 0 bridgehead atoms. The van der Waals surface area contributed by atoms with E-state index < -0.39 is 21.9 Å². The average Bonchev–Trinajstić information content (AvgIpc) is 3.11. The summed E-state index contributed by atoms with van der Waals surface area (Å²) in [5.41, 5.74) is 7.48. The zero-order valence-corrected chi connectivity index (χ0v) is 18.3. The summed E-state index contributed by atoms with van der Waals surface area (Å²) < 4.78 is 41.4. The molecule has 0 unspecified atom stereocenters. The molecule has 168 valence electrons. The number of nitrogens with zero attached hydrogens (tertiary/aromatic N) is 6. The molecular formula is C20H18FN9O2S. The van der Waals surface area contributed by atoms with Crippen molar-refractivity contribution in [3.8, 4) is 11.8 Å². The summed E-state index contributed by atoms with van der Waals surface area (Å²) in [6.07, 6.45) is 5.11. The van der Waals surface area contributed by atoms with Crippen LogP contribution in [0.25, 0.3) is 16.7 Å². The third kappa shape index (κ3) is 4.51. The molecule has 11 nitrogen and oxygen atoms in total. The number of sulfonamides is 1. The molecule has 0 amide bonds. The van der Waals surface area contributed by atoms with Gasteiger partial charge in [-0.15, -0.1) is 0 Å². The molecule has 0 saturated carbocycles. The quantitative estimate of drug-likeness (QED) is 0.386. The van der Waals surface area contributed by atoms with Crippen LogP contribution in [0, 0.1) is 17.1 Å². The number of hydrogen-bond donors (Lipinski definition) is 3. The van der Waals surface area contributed by atoms with Gasteiger partial charge in [-0.25, -0.2) is 27.8 Å². The molecule has 4 aromatic rings. The molecule has 13 heteroatoms. The lowest BCUT2D eigenvalue weighted by molar-refractivity contribution is 0.606. The van der Waals surface area contributed by atoms with Crippen LogP contribution in [0.3, 0.4) is 0 Å². The zero-order chi connectivity index (χ0) is 23.8. The van der Waals surface area contributed by atoms with E-state index in [0.717, 1.165) is 6.26 Å². The van der Waals surface area contributed by atoms with E-state index >= 15 is 0 Å². The Kier molecular flexibility index (Phi) is 5.52. The molecule has 0 aliphatic rings. The molecule has 4 rings (SSSR count). The summed E-state index contributed by atoms with van der Waals surface area (Å²) in [7, 11) is -3.53. The fourth-order valence-electron chi connectivity index (χ4n) is 3.34. The van der Waals surface area contributed by atoms with Crippen LogP contribution >= 0.6 is 0 Å². The fraction of sp³-hybridized carbons (Fsp3) is 0.150. The van der Waals surface area contributed by atoms with Gasteiger partial charge in [0.2, 0.25) is 10.0 Å². The van der Waals surface area contributed by atoms with Crippen molar-refractivity contribution in [2.45, 2.75) is 13.0 Å². The monoisotopic (exact) mass is 467 g/mol. The minimum Gasteiger partial charge on any atom is -0.382 e. The molecule has 1 atom stereocenters. The number of nitrogen functional groups attached to an aromatic ring is 1. The van der Waals surface area contributed by atoms with Gasteiger partial charge in [0.25, 0.3) is 0 Å². The number of fused-ring (bicyclic) bond motifs is 1. The molecule has 0 aliphatic heterocycles. The van der Waals surface area contributed by atoms with Gasteiger partial charge in [-0.3, -0.25) is 14.3 Å². The summed E-state index contributed by atoms with van der Waals surface area (Å²) in [5.74, 6) is 0.217. The Balaban J connectivity index is 1.85. The highest BCUT2D eigenvalue weighted by molar-refractivity contribution is 7.92. The number of rotatable bonds is 6. The van der Waals surface area contributed by atoms with Gasteiger partial charge in [0.1, 0.15) is 41.2 Å². The van der Waals surface area contributed by atoms with E-state index in [0.29, 0.717) is 22.5 Å². The Morgan fingerprint density at radius 3 is 2.76 bits per heavy atom. The van der Waals surface area contributed by atoms with Crippen molar-refractivity contribution in [3.63, 3.8) is 0 Å². The molecule has 0 saturated heterocycles. The average molecular weight is 467 g/mol. The first-order valence-corrected chi connectivity index (χ1v) is 11.4. The topological polar surface area (TPSA) is 164 Å². The minimum atomic E-state index is -3.53. The molecule has 0 aliphatic carbocycles. The van der Waals surface area contributed by atoms with Gasteiger partial charge in [-0.05, 0) is 25.1 Å². The minimum absolute atomic E-state index is 0.0292. The summed E-state index contributed by atoms with van der Waals surface area (Å²) in [6.45, 7) is 1.78. The first-order valence-electron chi connectivity index (χ1n) is 9.54. The number of imidazole rings is 1. The Labute approximate surface area is 188 Å². The van der Waals surface area contributed by atoms with Gasteiger partial charge in [0.15, 0.2) is 0 Å². The van der Waals surface area contributed by atoms with E-state index in [4.69, 9.17) is 5.73 Å². The van der Waals surface area contributed by atoms with Crippen LogP contribution in [0.1, 0.15) is 24.4 Å². The molecule has 0 radical (unpaired) electrons. The van der Waals surface area contributed by atoms with Crippen LogP contribution in [0.2, 0.25) is 0 Å². The van der Waals surface area contributed by atoms with Crippen LogP contribution in [0.5, 0.6) is 0 Å². The van der Waals surface area contributed by atoms with Gasteiger partial charge in [-0.1, -0.05) is 0 Å².